The fraction of sp³-hybridized carbons (Fsp3) is 0.600. The molecule has 17 nitrogen and oxygen atoms in total. The van der Waals surface area contributed by atoms with E-state index in [1.807, 2.05) is 0 Å². The number of esters is 4. The molecule has 1 aromatic carbocycles. The van der Waals surface area contributed by atoms with Crippen molar-refractivity contribution in [2.45, 2.75) is 142 Å². The first kappa shape index (κ1) is 46.4. The molecule has 4 aliphatic rings. The van der Waals surface area contributed by atoms with Gasteiger partial charge in [0, 0.05) is 25.2 Å². The summed E-state index contributed by atoms with van der Waals surface area (Å²) in [5.74, 6) is -6.92. The molecule has 2 heterocycles. The minimum absolute atomic E-state index is 0.0322. The van der Waals surface area contributed by atoms with Crippen LogP contribution < -0.4 is 5.32 Å². The van der Waals surface area contributed by atoms with Gasteiger partial charge in [-0.15, -0.1) is 0 Å². The van der Waals surface area contributed by atoms with Gasteiger partial charge in [-0.2, -0.15) is 0 Å². The molecule has 2 bridgehead atoms. The van der Waals surface area contributed by atoms with Crippen LogP contribution in [0.3, 0.4) is 0 Å². The predicted molar refractivity (Wildman–Crippen MR) is 215 cm³/mol. The average Bonchev–Trinajstić information content (AvgIpc) is 3.72. The number of benzene rings is 1. The normalized spacial score (nSPS) is 32.3. The first-order chi connectivity index (χ1) is 28.8. The number of carbonyl (C=O) groups is 6. The fourth-order valence-corrected chi connectivity index (χ4v) is 9.75. The van der Waals surface area contributed by atoms with E-state index in [-0.39, 0.29) is 35.5 Å². The van der Waals surface area contributed by atoms with E-state index >= 15 is 4.79 Å². The number of rotatable bonds is 10. The highest BCUT2D eigenvalue weighted by Gasteiger charge is 2.78. The molecule has 0 spiro atoms. The van der Waals surface area contributed by atoms with E-state index in [2.05, 4.69) is 5.32 Å². The topological polar surface area (TPSA) is 244 Å². The highest BCUT2D eigenvalue weighted by atomic mass is 16.6. The second-order valence-corrected chi connectivity index (χ2v) is 18.7. The van der Waals surface area contributed by atoms with Gasteiger partial charge in [-0.05, 0) is 70.0 Å². The number of aliphatic hydroxyl groups excluding tert-OH is 2. The zero-order valence-electron chi connectivity index (χ0n) is 36.6. The molecule has 0 radical (unpaired) electrons. The molecule has 62 heavy (non-hydrogen) atoms. The Kier molecular flexibility index (Phi) is 12.4. The van der Waals surface area contributed by atoms with E-state index in [9.17, 15) is 39.3 Å². The van der Waals surface area contributed by atoms with Gasteiger partial charge < -0.3 is 53.5 Å². The van der Waals surface area contributed by atoms with Crippen molar-refractivity contribution in [1.29, 1.82) is 0 Å². The molecule has 0 unspecified atom stereocenters. The summed E-state index contributed by atoms with van der Waals surface area (Å²) < 4.78 is 41.3. The third-order valence-electron chi connectivity index (χ3n) is 13.0. The van der Waals surface area contributed by atoms with Gasteiger partial charge in [-0.3, -0.25) is 14.4 Å². The maximum Gasteiger partial charge on any atom is 0.408 e. The van der Waals surface area contributed by atoms with E-state index in [0.29, 0.717) is 0 Å². The van der Waals surface area contributed by atoms with Crippen LogP contribution in [0.25, 0.3) is 0 Å². The molecule has 338 valence electrons. The Balaban J connectivity index is 1.53. The highest BCUT2D eigenvalue weighted by Crippen LogP contribution is 2.64. The van der Waals surface area contributed by atoms with E-state index in [0.717, 1.165) is 6.92 Å². The Morgan fingerprint density at radius 1 is 0.952 bits per heavy atom. The van der Waals surface area contributed by atoms with Crippen molar-refractivity contribution in [2.24, 2.45) is 22.7 Å². The first-order valence-electron chi connectivity index (χ1n) is 20.6. The lowest BCUT2D eigenvalue weighted by Gasteiger charge is -2.67. The van der Waals surface area contributed by atoms with Crippen LogP contribution in [0.2, 0.25) is 0 Å². The van der Waals surface area contributed by atoms with Crippen molar-refractivity contribution in [1.82, 2.24) is 5.32 Å². The van der Waals surface area contributed by atoms with Gasteiger partial charge in [-0.25, -0.2) is 14.4 Å². The molecule has 2 saturated carbocycles. The molecule has 3 fully saturated rings. The lowest BCUT2D eigenvalue weighted by atomic mass is 9.44. The van der Waals surface area contributed by atoms with Crippen molar-refractivity contribution >= 4 is 35.8 Å². The van der Waals surface area contributed by atoms with E-state index in [1.165, 1.54) is 58.2 Å². The van der Waals surface area contributed by atoms with Crippen LogP contribution in [0, 0.1) is 22.7 Å². The molecule has 3 aliphatic carbocycles. The minimum atomic E-state index is -2.41. The third kappa shape index (κ3) is 7.92. The number of carbonyl (C=O) groups excluding carboxylic acids is 6. The quantitative estimate of drug-likeness (QED) is 0.149. The summed E-state index contributed by atoms with van der Waals surface area (Å²) >= 11 is 0. The van der Waals surface area contributed by atoms with Crippen molar-refractivity contribution in [3.8, 4) is 0 Å². The lowest BCUT2D eigenvalue weighted by molar-refractivity contribution is -0.346. The van der Waals surface area contributed by atoms with Crippen LogP contribution >= 0.6 is 0 Å². The highest BCUT2D eigenvalue weighted by molar-refractivity contribution is 5.94. The molecule has 17 heteroatoms. The SMILES string of the molecule is CC(=O)O[C@@]12CO[C@@H]1C[C@H](OC(=O)C(C)C)[C@@]1(C)C(=O)[C@H](O)C3=C(C)[C@@H](OC(=O)[C@H](O)[C@@H](NC(=O)OC(C)(C)C)c4ccco4)C[C@@](O)([C@@H](OC(=O)c4ccccc4)[C@H]21)C3(C)C. The minimum Gasteiger partial charge on any atom is -0.467 e. The summed E-state index contributed by atoms with van der Waals surface area (Å²) in [4.78, 5) is 83.2. The Labute approximate surface area is 359 Å². The van der Waals surface area contributed by atoms with Gasteiger partial charge in [-0.1, -0.05) is 45.9 Å². The fourth-order valence-electron chi connectivity index (χ4n) is 9.75. The van der Waals surface area contributed by atoms with Crippen LogP contribution in [0.15, 0.2) is 64.3 Å². The summed E-state index contributed by atoms with van der Waals surface area (Å²) in [5, 5.41) is 40.1. The molecular weight excluding hydrogens is 810 g/mol. The van der Waals surface area contributed by atoms with Crippen LogP contribution in [-0.4, -0.2) is 111 Å². The van der Waals surface area contributed by atoms with Gasteiger partial charge in [0.25, 0.3) is 0 Å². The number of alkyl carbamates (subject to hydrolysis) is 1. The number of hydrogen-bond donors (Lipinski definition) is 4. The van der Waals surface area contributed by atoms with Gasteiger partial charge >= 0.3 is 30.0 Å². The van der Waals surface area contributed by atoms with Gasteiger partial charge in [0.05, 0.1) is 35.7 Å². The molecule has 1 saturated heterocycles. The second-order valence-electron chi connectivity index (χ2n) is 18.7. The number of amides is 1. The number of ketones is 1. The van der Waals surface area contributed by atoms with Crippen LogP contribution in [0.1, 0.15) is 104 Å². The summed E-state index contributed by atoms with van der Waals surface area (Å²) in [6, 6.07) is 9.16. The molecular formula is C45H57NO16. The summed E-state index contributed by atoms with van der Waals surface area (Å²) in [6.07, 6.45) is -10.4. The zero-order valence-corrected chi connectivity index (χ0v) is 36.6. The smallest absolute Gasteiger partial charge is 0.408 e. The summed E-state index contributed by atoms with van der Waals surface area (Å²) in [7, 11) is 0. The number of ether oxygens (including phenoxy) is 6. The monoisotopic (exact) mass is 867 g/mol. The molecule has 1 amide bonds. The molecule has 2 aromatic rings. The van der Waals surface area contributed by atoms with Crippen molar-refractivity contribution < 1.29 is 76.9 Å². The van der Waals surface area contributed by atoms with Crippen LogP contribution in [0.5, 0.6) is 0 Å². The molecule has 4 N–H and O–H groups in total. The Morgan fingerprint density at radius 2 is 1.61 bits per heavy atom. The number of hydrogen-bond acceptors (Lipinski definition) is 16. The lowest BCUT2D eigenvalue weighted by Crippen LogP contribution is -2.82. The van der Waals surface area contributed by atoms with Crippen molar-refractivity contribution in [2.75, 3.05) is 6.61 Å². The van der Waals surface area contributed by atoms with Crippen molar-refractivity contribution in [3.05, 3.63) is 71.2 Å². The zero-order chi connectivity index (χ0) is 45.9. The van der Waals surface area contributed by atoms with Gasteiger partial charge in [0.2, 0.25) is 0 Å². The maximum atomic E-state index is 15.4. The Morgan fingerprint density at radius 3 is 2.16 bits per heavy atom. The summed E-state index contributed by atoms with van der Waals surface area (Å²) in [5.41, 5.74) is -8.80. The molecule has 11 atom stereocenters. The van der Waals surface area contributed by atoms with E-state index in [1.54, 1.807) is 52.8 Å². The first-order valence-corrected chi connectivity index (χ1v) is 20.6. The van der Waals surface area contributed by atoms with Gasteiger partial charge in [0.1, 0.15) is 53.5 Å². The number of fused-ring (bicyclic) bond motifs is 5. The van der Waals surface area contributed by atoms with Crippen molar-refractivity contribution in [3.63, 3.8) is 0 Å². The van der Waals surface area contributed by atoms with Gasteiger partial charge in [0.15, 0.2) is 17.5 Å². The van der Waals surface area contributed by atoms with E-state index in [4.69, 9.17) is 32.8 Å². The van der Waals surface area contributed by atoms with Crippen LogP contribution in [-0.2, 0) is 47.6 Å². The molecule has 6 rings (SSSR count). The summed E-state index contributed by atoms with van der Waals surface area (Å²) in [6.45, 7) is 14.9. The predicted octanol–water partition coefficient (Wildman–Crippen LogP) is 4.06. The number of Topliss-reactive ketones (excluding diaryl/α,β-unsaturated/α-hetero) is 1. The Hall–Kier alpha value is -5.10. The standard InChI is InChI=1S/C45H57NO16/c1-22(2)37(51)59-28-19-29-44(21-57-29,61-24(4)47)34-36(60-38(52)25-15-12-11-13-16-25)45(55)20-27(23(3)30(42(45,8)9)32(48)35(50)43(28,34)10)58-39(53)33(49)31(26-17-14-18-56-26)46-40(54)62-41(5,6)7/h11-18,22,27-29,31-34,36,48-49,55H,19-21H2,1-10H3,(H,46,54)/t27-,28-,29+,31-,32+,33+,34-,36-,43+,44-,45+/m0/s1. The number of furan rings is 1. The largest absolute Gasteiger partial charge is 0.467 e. The van der Waals surface area contributed by atoms with E-state index < -0.39 is 124 Å². The molecule has 1 aromatic heterocycles. The third-order valence-corrected chi connectivity index (χ3v) is 13.0. The average molecular weight is 868 g/mol. The Bertz CT molecular complexity index is 2110. The van der Waals surface area contributed by atoms with Crippen LogP contribution in [0.4, 0.5) is 4.79 Å². The second kappa shape index (κ2) is 16.5. The number of aliphatic hydroxyl groups is 3. The maximum absolute atomic E-state index is 15.4. The number of nitrogens with one attached hydrogen (secondary N) is 1. The molecule has 1 aliphatic heterocycles.